The molecule has 124 valence electrons. The summed E-state index contributed by atoms with van der Waals surface area (Å²) >= 11 is 1.43. The van der Waals surface area contributed by atoms with Crippen LogP contribution in [0.25, 0.3) is 5.69 Å². The molecule has 0 aliphatic carbocycles. The van der Waals surface area contributed by atoms with Gasteiger partial charge in [-0.3, -0.25) is 0 Å². The minimum atomic E-state index is -0.405. The van der Waals surface area contributed by atoms with Crippen LogP contribution >= 0.6 is 11.8 Å². The van der Waals surface area contributed by atoms with E-state index in [4.69, 9.17) is 9.15 Å². The summed E-state index contributed by atoms with van der Waals surface area (Å²) in [5, 5.41) is 12.5. The number of furan rings is 1. The number of thioether (sulfide) groups is 1. The van der Waals surface area contributed by atoms with E-state index in [1.807, 2.05) is 31.2 Å². The number of rotatable bonds is 5. The maximum Gasteiger partial charge on any atom is 0.341 e. The molecule has 0 saturated carbocycles. The maximum absolute atomic E-state index is 11.6. The summed E-state index contributed by atoms with van der Waals surface area (Å²) in [5.74, 6) is 1.30. The van der Waals surface area contributed by atoms with Crippen LogP contribution in [0.5, 0.6) is 0 Å². The molecule has 2 aromatic heterocycles. The molecule has 1 aromatic carbocycles. The van der Waals surface area contributed by atoms with Crippen LogP contribution in [0, 0.1) is 13.8 Å². The summed E-state index contributed by atoms with van der Waals surface area (Å²) in [6, 6.07) is 9.61. The summed E-state index contributed by atoms with van der Waals surface area (Å²) in [4.78, 5) is 11.6. The van der Waals surface area contributed by atoms with E-state index < -0.39 is 5.97 Å². The van der Waals surface area contributed by atoms with Crippen molar-refractivity contribution in [2.45, 2.75) is 24.8 Å². The van der Waals surface area contributed by atoms with Gasteiger partial charge in [0.1, 0.15) is 17.1 Å². The highest BCUT2D eigenvalue weighted by atomic mass is 32.2. The first-order chi connectivity index (χ1) is 11.6. The van der Waals surface area contributed by atoms with Crippen LogP contribution in [0.3, 0.4) is 0 Å². The number of aryl methyl sites for hydroxylation is 2. The Morgan fingerprint density at radius 2 is 2.17 bits per heavy atom. The van der Waals surface area contributed by atoms with Gasteiger partial charge in [0.2, 0.25) is 5.16 Å². The van der Waals surface area contributed by atoms with Crippen LogP contribution in [-0.2, 0) is 10.5 Å². The van der Waals surface area contributed by atoms with Crippen molar-refractivity contribution in [2.24, 2.45) is 0 Å². The Labute approximate surface area is 143 Å². The van der Waals surface area contributed by atoms with Gasteiger partial charge >= 0.3 is 5.97 Å². The standard InChI is InChI=1S/C16H16N4O3S/c1-10-5-4-6-12(7-10)20-16(17-18-19-20)24-9-13-8-14(11(2)23-13)15(21)22-3/h4-8H,9H2,1-3H3. The Kier molecular flexibility index (Phi) is 4.66. The highest BCUT2D eigenvalue weighted by molar-refractivity contribution is 7.98. The molecule has 8 heteroatoms. The van der Waals surface area contributed by atoms with Crippen molar-refractivity contribution < 1.29 is 13.9 Å². The third kappa shape index (κ3) is 3.33. The number of methoxy groups -OCH3 is 1. The minimum absolute atomic E-state index is 0.405. The molecular weight excluding hydrogens is 328 g/mol. The van der Waals surface area contributed by atoms with E-state index in [1.165, 1.54) is 18.9 Å². The van der Waals surface area contributed by atoms with E-state index in [-0.39, 0.29) is 0 Å². The van der Waals surface area contributed by atoms with E-state index in [0.29, 0.717) is 28.0 Å². The molecule has 0 N–H and O–H groups in total. The first kappa shape index (κ1) is 16.3. The fourth-order valence-electron chi connectivity index (χ4n) is 2.25. The minimum Gasteiger partial charge on any atom is -0.465 e. The van der Waals surface area contributed by atoms with Crippen molar-refractivity contribution >= 4 is 17.7 Å². The second-order valence-electron chi connectivity index (χ2n) is 5.18. The molecule has 0 aliphatic heterocycles. The van der Waals surface area contributed by atoms with E-state index in [0.717, 1.165) is 11.3 Å². The topological polar surface area (TPSA) is 83.0 Å². The Morgan fingerprint density at radius 3 is 2.92 bits per heavy atom. The number of carbonyl (C=O) groups excluding carboxylic acids is 1. The lowest BCUT2D eigenvalue weighted by molar-refractivity contribution is 0.0599. The van der Waals surface area contributed by atoms with Crippen LogP contribution in [0.2, 0.25) is 0 Å². The second kappa shape index (κ2) is 6.88. The number of nitrogens with zero attached hydrogens (tertiary/aromatic N) is 4. The number of ether oxygens (including phenoxy) is 1. The normalized spacial score (nSPS) is 10.8. The first-order valence-corrected chi connectivity index (χ1v) is 8.23. The first-order valence-electron chi connectivity index (χ1n) is 7.24. The lowest BCUT2D eigenvalue weighted by Crippen LogP contribution is -2.00. The molecule has 3 aromatic rings. The van der Waals surface area contributed by atoms with Gasteiger partial charge in [0, 0.05) is 0 Å². The van der Waals surface area contributed by atoms with E-state index in [9.17, 15) is 4.79 Å². The second-order valence-corrected chi connectivity index (χ2v) is 6.12. The van der Waals surface area contributed by atoms with E-state index >= 15 is 0 Å². The molecular formula is C16H16N4O3S. The Hall–Kier alpha value is -2.61. The van der Waals surface area contributed by atoms with Crippen LogP contribution < -0.4 is 0 Å². The van der Waals surface area contributed by atoms with Crippen LogP contribution in [0.4, 0.5) is 0 Å². The van der Waals surface area contributed by atoms with Gasteiger partial charge in [0.15, 0.2) is 0 Å². The molecule has 0 bridgehead atoms. The quantitative estimate of drug-likeness (QED) is 0.520. The van der Waals surface area contributed by atoms with Crippen molar-refractivity contribution in [1.82, 2.24) is 20.2 Å². The Balaban J connectivity index is 1.77. The Bertz CT molecular complexity index is 872. The monoisotopic (exact) mass is 344 g/mol. The predicted molar refractivity (Wildman–Crippen MR) is 88.2 cm³/mol. The SMILES string of the molecule is COC(=O)c1cc(CSc2nnnn2-c2cccc(C)c2)oc1C. The van der Waals surface area contributed by atoms with E-state index in [1.54, 1.807) is 17.7 Å². The molecule has 0 amide bonds. The molecule has 3 rings (SSSR count). The maximum atomic E-state index is 11.6. The van der Waals surface area contributed by atoms with Crippen LogP contribution in [0.15, 0.2) is 39.9 Å². The third-order valence-electron chi connectivity index (χ3n) is 3.40. The van der Waals surface area contributed by atoms with Gasteiger partial charge in [-0.1, -0.05) is 23.9 Å². The number of aromatic nitrogens is 4. The molecule has 0 fully saturated rings. The van der Waals surface area contributed by atoms with Gasteiger partial charge in [-0.25, -0.2) is 4.79 Å². The number of benzene rings is 1. The molecule has 0 atom stereocenters. The van der Waals surface area contributed by atoms with Crippen molar-refractivity contribution in [3.05, 3.63) is 53.0 Å². The number of hydrogen-bond acceptors (Lipinski definition) is 7. The average molecular weight is 344 g/mol. The van der Waals surface area contributed by atoms with Crippen molar-refractivity contribution in [1.29, 1.82) is 0 Å². The van der Waals surface area contributed by atoms with Gasteiger partial charge < -0.3 is 9.15 Å². The molecule has 7 nitrogen and oxygen atoms in total. The molecule has 0 unspecified atom stereocenters. The lowest BCUT2D eigenvalue weighted by atomic mass is 10.2. The molecule has 2 heterocycles. The molecule has 0 radical (unpaired) electrons. The number of esters is 1. The zero-order valence-corrected chi connectivity index (χ0v) is 14.3. The molecule has 0 saturated heterocycles. The van der Waals surface area contributed by atoms with Gasteiger partial charge in [-0.2, -0.15) is 4.68 Å². The van der Waals surface area contributed by atoms with Crippen LogP contribution in [0.1, 0.15) is 27.4 Å². The van der Waals surface area contributed by atoms with Gasteiger partial charge in [0.25, 0.3) is 0 Å². The summed E-state index contributed by atoms with van der Waals surface area (Å²) in [5.41, 5.74) is 2.46. The fraction of sp³-hybridized carbons (Fsp3) is 0.250. The Morgan fingerprint density at radius 1 is 1.33 bits per heavy atom. The zero-order chi connectivity index (χ0) is 17.1. The summed E-state index contributed by atoms with van der Waals surface area (Å²) in [6.45, 7) is 3.75. The number of carbonyl (C=O) groups is 1. The smallest absolute Gasteiger partial charge is 0.341 e. The molecule has 24 heavy (non-hydrogen) atoms. The fourth-order valence-corrected chi connectivity index (χ4v) is 3.03. The van der Waals surface area contributed by atoms with Crippen LogP contribution in [-0.4, -0.2) is 33.3 Å². The largest absolute Gasteiger partial charge is 0.465 e. The van der Waals surface area contributed by atoms with Gasteiger partial charge in [-0.15, -0.1) is 5.10 Å². The van der Waals surface area contributed by atoms with Crippen molar-refractivity contribution in [2.75, 3.05) is 7.11 Å². The summed E-state index contributed by atoms with van der Waals surface area (Å²) < 4.78 is 12.0. The number of hydrogen-bond donors (Lipinski definition) is 0. The predicted octanol–water partition coefficient (Wildman–Crippen LogP) is 2.95. The van der Waals surface area contributed by atoms with Gasteiger partial charge in [-0.05, 0) is 48.0 Å². The number of tetrazole rings is 1. The van der Waals surface area contributed by atoms with Crippen molar-refractivity contribution in [3.63, 3.8) is 0 Å². The lowest BCUT2D eigenvalue weighted by Gasteiger charge is -2.04. The third-order valence-corrected chi connectivity index (χ3v) is 4.35. The molecule has 0 spiro atoms. The summed E-state index contributed by atoms with van der Waals surface area (Å²) in [7, 11) is 1.35. The highest BCUT2D eigenvalue weighted by Crippen LogP contribution is 2.25. The van der Waals surface area contributed by atoms with E-state index in [2.05, 4.69) is 15.5 Å². The summed E-state index contributed by atoms with van der Waals surface area (Å²) in [6.07, 6.45) is 0. The average Bonchev–Trinajstić information content (AvgIpc) is 3.18. The molecule has 0 aliphatic rings. The highest BCUT2D eigenvalue weighted by Gasteiger charge is 2.16. The zero-order valence-electron chi connectivity index (χ0n) is 13.5. The van der Waals surface area contributed by atoms with Crippen molar-refractivity contribution in [3.8, 4) is 5.69 Å². The van der Waals surface area contributed by atoms with Gasteiger partial charge in [0.05, 0.1) is 18.6 Å².